The molecule has 0 bridgehead atoms. The van der Waals surface area contributed by atoms with Gasteiger partial charge in [0.05, 0.1) is 17.9 Å². The van der Waals surface area contributed by atoms with Gasteiger partial charge in [-0.05, 0) is 36.2 Å². The first kappa shape index (κ1) is 15.4. The number of para-hydroxylation sites is 1. The quantitative estimate of drug-likeness (QED) is 0.848. The Kier molecular flexibility index (Phi) is 5.20. The van der Waals surface area contributed by atoms with E-state index in [0.29, 0.717) is 17.3 Å². The van der Waals surface area contributed by atoms with Gasteiger partial charge in [-0.1, -0.05) is 29.8 Å². The minimum Gasteiger partial charge on any atom is -0.478 e. The number of nitrogens with one attached hydrogen (secondary N) is 1. The molecular weight excluding hydrogens is 290 g/mol. The second kappa shape index (κ2) is 7.11. The highest BCUT2D eigenvalue weighted by molar-refractivity contribution is 6.31. The Labute approximate surface area is 128 Å². The van der Waals surface area contributed by atoms with Crippen LogP contribution >= 0.6 is 11.6 Å². The number of anilines is 2. The minimum atomic E-state index is -1.02. The van der Waals surface area contributed by atoms with Crippen molar-refractivity contribution in [2.75, 3.05) is 19.0 Å². The normalized spacial score (nSPS) is 10.4. The smallest absolute Gasteiger partial charge is 0.337 e. The van der Waals surface area contributed by atoms with Crippen molar-refractivity contribution >= 4 is 28.9 Å². The third-order valence-electron chi connectivity index (χ3n) is 3.07. The summed E-state index contributed by atoms with van der Waals surface area (Å²) in [5.41, 5.74) is 2.57. The third kappa shape index (κ3) is 3.97. The van der Waals surface area contributed by atoms with Crippen LogP contribution in [-0.4, -0.2) is 24.8 Å². The summed E-state index contributed by atoms with van der Waals surface area (Å²) in [5, 5.41) is 12.8. The fourth-order valence-electron chi connectivity index (χ4n) is 2.02. The summed E-state index contributed by atoms with van der Waals surface area (Å²) < 4.78 is 5.09. The van der Waals surface area contributed by atoms with Crippen LogP contribution < -0.4 is 5.32 Å². The molecule has 2 N–H and O–H groups in total. The second-order valence-corrected chi connectivity index (χ2v) is 4.96. The molecule has 0 aliphatic rings. The molecule has 0 unspecified atom stereocenters. The number of carbonyl (C=O) groups is 1. The van der Waals surface area contributed by atoms with Crippen molar-refractivity contribution in [3.8, 4) is 0 Å². The van der Waals surface area contributed by atoms with Crippen molar-refractivity contribution in [3.63, 3.8) is 0 Å². The van der Waals surface area contributed by atoms with Crippen molar-refractivity contribution < 1.29 is 14.6 Å². The summed E-state index contributed by atoms with van der Waals surface area (Å²) in [6.07, 6.45) is 0.746. The maximum Gasteiger partial charge on any atom is 0.337 e. The van der Waals surface area contributed by atoms with Gasteiger partial charge in [0.2, 0.25) is 0 Å². The zero-order valence-corrected chi connectivity index (χ0v) is 12.4. The largest absolute Gasteiger partial charge is 0.478 e. The fourth-order valence-corrected chi connectivity index (χ4v) is 2.19. The van der Waals surface area contributed by atoms with E-state index < -0.39 is 5.97 Å². The van der Waals surface area contributed by atoms with E-state index in [4.69, 9.17) is 16.3 Å². The third-order valence-corrected chi connectivity index (χ3v) is 3.31. The standard InChI is InChI=1S/C16H16ClNO3/c1-21-9-8-11-4-2-3-5-14(11)18-15-7-6-12(17)10-13(15)16(19)20/h2-7,10,18H,8-9H2,1H3,(H,19,20). The van der Waals surface area contributed by atoms with Crippen LogP contribution in [0.25, 0.3) is 0 Å². The van der Waals surface area contributed by atoms with E-state index in [2.05, 4.69) is 5.32 Å². The molecule has 110 valence electrons. The molecule has 2 rings (SSSR count). The second-order valence-electron chi connectivity index (χ2n) is 4.52. The SMILES string of the molecule is COCCc1ccccc1Nc1ccc(Cl)cc1C(=O)O. The average Bonchev–Trinajstić information content (AvgIpc) is 2.48. The molecular formula is C16H16ClNO3. The number of hydrogen-bond acceptors (Lipinski definition) is 3. The minimum absolute atomic E-state index is 0.143. The van der Waals surface area contributed by atoms with Crippen LogP contribution in [0.1, 0.15) is 15.9 Å². The fraction of sp³-hybridized carbons (Fsp3) is 0.188. The molecule has 0 aliphatic heterocycles. The topological polar surface area (TPSA) is 58.6 Å². The number of rotatable bonds is 6. The number of hydrogen-bond donors (Lipinski definition) is 2. The van der Waals surface area contributed by atoms with E-state index in [9.17, 15) is 9.90 Å². The molecule has 2 aromatic carbocycles. The van der Waals surface area contributed by atoms with Crippen LogP contribution in [0, 0.1) is 0 Å². The predicted octanol–water partition coefficient (Wildman–Crippen LogP) is 3.97. The van der Waals surface area contributed by atoms with Gasteiger partial charge in [-0.15, -0.1) is 0 Å². The number of ether oxygens (including phenoxy) is 1. The molecule has 0 aromatic heterocycles. The number of methoxy groups -OCH3 is 1. The van der Waals surface area contributed by atoms with Gasteiger partial charge in [-0.3, -0.25) is 0 Å². The lowest BCUT2D eigenvalue weighted by Crippen LogP contribution is -2.05. The summed E-state index contributed by atoms with van der Waals surface area (Å²) >= 11 is 5.86. The zero-order valence-electron chi connectivity index (χ0n) is 11.6. The molecule has 0 fully saturated rings. The molecule has 0 saturated carbocycles. The van der Waals surface area contributed by atoms with Crippen molar-refractivity contribution in [2.45, 2.75) is 6.42 Å². The molecule has 21 heavy (non-hydrogen) atoms. The Morgan fingerprint density at radius 2 is 2.00 bits per heavy atom. The lowest BCUT2D eigenvalue weighted by molar-refractivity contribution is 0.0698. The van der Waals surface area contributed by atoms with Gasteiger partial charge in [0.1, 0.15) is 0 Å². The molecule has 2 aromatic rings. The molecule has 4 nitrogen and oxygen atoms in total. The van der Waals surface area contributed by atoms with E-state index in [1.54, 1.807) is 19.2 Å². The highest BCUT2D eigenvalue weighted by atomic mass is 35.5. The average molecular weight is 306 g/mol. The van der Waals surface area contributed by atoms with E-state index in [-0.39, 0.29) is 5.56 Å². The molecule has 0 heterocycles. The number of carboxylic acids is 1. The van der Waals surface area contributed by atoms with E-state index in [0.717, 1.165) is 17.7 Å². The van der Waals surface area contributed by atoms with Crippen molar-refractivity contribution in [3.05, 3.63) is 58.6 Å². The number of halogens is 1. The van der Waals surface area contributed by atoms with Crippen LogP contribution in [0.4, 0.5) is 11.4 Å². The molecule has 0 radical (unpaired) electrons. The maximum absolute atomic E-state index is 11.3. The Balaban J connectivity index is 2.32. The zero-order chi connectivity index (χ0) is 15.2. The first-order chi connectivity index (χ1) is 10.1. The summed E-state index contributed by atoms with van der Waals surface area (Å²) in [4.78, 5) is 11.3. The van der Waals surface area contributed by atoms with Gasteiger partial charge < -0.3 is 15.2 Å². The lowest BCUT2D eigenvalue weighted by Gasteiger charge is -2.14. The summed E-state index contributed by atoms with van der Waals surface area (Å²) in [7, 11) is 1.65. The highest BCUT2D eigenvalue weighted by Crippen LogP contribution is 2.26. The number of benzene rings is 2. The van der Waals surface area contributed by atoms with Gasteiger partial charge in [0.25, 0.3) is 0 Å². The van der Waals surface area contributed by atoms with Crippen LogP contribution in [-0.2, 0) is 11.2 Å². The van der Waals surface area contributed by atoms with Crippen LogP contribution in [0.15, 0.2) is 42.5 Å². The van der Waals surface area contributed by atoms with E-state index in [1.807, 2.05) is 24.3 Å². The lowest BCUT2D eigenvalue weighted by atomic mass is 10.1. The molecule has 0 amide bonds. The number of aromatic carboxylic acids is 1. The monoisotopic (exact) mass is 305 g/mol. The van der Waals surface area contributed by atoms with Crippen LogP contribution in [0.3, 0.4) is 0 Å². The van der Waals surface area contributed by atoms with Crippen molar-refractivity contribution in [1.29, 1.82) is 0 Å². The first-order valence-corrected chi connectivity index (χ1v) is 6.86. The Morgan fingerprint density at radius 1 is 1.24 bits per heavy atom. The molecule has 0 spiro atoms. The Hall–Kier alpha value is -2.04. The van der Waals surface area contributed by atoms with Gasteiger partial charge in [0.15, 0.2) is 0 Å². The Morgan fingerprint density at radius 3 is 2.71 bits per heavy atom. The van der Waals surface area contributed by atoms with E-state index >= 15 is 0 Å². The van der Waals surface area contributed by atoms with Gasteiger partial charge >= 0.3 is 5.97 Å². The van der Waals surface area contributed by atoms with Gasteiger partial charge in [-0.25, -0.2) is 4.79 Å². The summed E-state index contributed by atoms with van der Waals surface area (Å²) in [6, 6.07) is 12.5. The van der Waals surface area contributed by atoms with Crippen molar-refractivity contribution in [1.82, 2.24) is 0 Å². The number of carboxylic acid groups (broad SMARTS) is 1. The van der Waals surface area contributed by atoms with Crippen LogP contribution in [0.5, 0.6) is 0 Å². The maximum atomic E-state index is 11.3. The highest BCUT2D eigenvalue weighted by Gasteiger charge is 2.12. The van der Waals surface area contributed by atoms with Crippen LogP contribution in [0.2, 0.25) is 5.02 Å². The molecule has 5 heteroatoms. The van der Waals surface area contributed by atoms with E-state index in [1.165, 1.54) is 6.07 Å². The summed E-state index contributed by atoms with van der Waals surface area (Å²) in [5.74, 6) is -1.02. The van der Waals surface area contributed by atoms with Crippen molar-refractivity contribution in [2.24, 2.45) is 0 Å². The predicted molar refractivity (Wildman–Crippen MR) is 83.7 cm³/mol. The van der Waals surface area contributed by atoms with Gasteiger partial charge in [-0.2, -0.15) is 0 Å². The molecule has 0 saturated heterocycles. The Bertz CT molecular complexity index is 643. The first-order valence-electron chi connectivity index (χ1n) is 6.48. The van der Waals surface area contributed by atoms with Gasteiger partial charge in [0, 0.05) is 17.8 Å². The molecule has 0 aliphatic carbocycles. The summed E-state index contributed by atoms with van der Waals surface area (Å²) in [6.45, 7) is 0.602. The molecule has 0 atom stereocenters.